The quantitative estimate of drug-likeness (QED) is 0.348. The Morgan fingerprint density at radius 1 is 0.452 bits per heavy atom. The molecular weight excluding hydrogens is 512 g/mol. The minimum Gasteiger partial charge on any atom is -0.205 e. The van der Waals surface area contributed by atoms with Gasteiger partial charge in [-0.25, -0.2) is 4.39 Å². The molecule has 0 nitrogen and oxygen atoms in total. The zero-order chi connectivity index (χ0) is 25.7. The Morgan fingerprint density at radius 2 is 0.742 bits per heavy atom. The Labute approximate surface area is 154 Å². The van der Waals surface area contributed by atoms with Crippen LogP contribution in [-0.4, -0.2) is 48.1 Å². The normalized spacial score (nSPS) is 24.4. The van der Waals surface area contributed by atoms with Gasteiger partial charge >= 0.3 is 48.1 Å². The molecule has 0 radical (unpaired) electrons. The highest BCUT2D eigenvalue weighted by atomic mass is 19.4. The van der Waals surface area contributed by atoms with Crippen molar-refractivity contribution in [2.75, 3.05) is 0 Å². The second-order valence-electron chi connectivity index (χ2n) is 5.80. The first-order chi connectivity index (χ1) is 13.0. The van der Waals surface area contributed by atoms with Crippen LogP contribution < -0.4 is 0 Å². The van der Waals surface area contributed by atoms with E-state index in [1.54, 1.807) is 0 Å². The molecule has 0 spiro atoms. The highest BCUT2D eigenvalue weighted by Gasteiger charge is 2.98. The van der Waals surface area contributed by atoms with E-state index in [4.69, 9.17) is 0 Å². The van der Waals surface area contributed by atoms with Crippen LogP contribution in [-0.2, 0) is 0 Å². The molecule has 0 fully saturated rings. The first kappa shape index (κ1) is 27.4. The Hall–Kier alpha value is -1.66. The molecule has 0 N–H and O–H groups in total. The van der Waals surface area contributed by atoms with E-state index in [9.17, 15) is 87.8 Å². The van der Waals surface area contributed by atoms with Gasteiger partial charge in [0.2, 0.25) is 0 Å². The van der Waals surface area contributed by atoms with Crippen molar-refractivity contribution in [2.24, 2.45) is 5.41 Å². The molecule has 31 heavy (non-hydrogen) atoms. The standard InChI is InChI=1S/C11F20/c12-2-1(4(13,14)7(19,20)8(21,22)5(2,15)16)3(9(23,24)25,10(26,27)28)6(17,18)11(29,30)31. The zero-order valence-electron chi connectivity index (χ0n) is 13.1. The molecule has 0 heterocycles. The molecule has 1 aliphatic rings. The first-order valence-electron chi connectivity index (χ1n) is 6.53. The first-order valence-corrected chi connectivity index (χ1v) is 6.53. The van der Waals surface area contributed by atoms with Crippen molar-refractivity contribution >= 4 is 0 Å². The Balaban J connectivity index is 4.59. The van der Waals surface area contributed by atoms with Crippen LogP contribution in [0.25, 0.3) is 0 Å². The van der Waals surface area contributed by atoms with Crippen molar-refractivity contribution in [2.45, 2.75) is 48.1 Å². The monoisotopic (exact) mass is 512 g/mol. The van der Waals surface area contributed by atoms with E-state index < -0.39 is 65.0 Å². The molecule has 0 aromatic carbocycles. The van der Waals surface area contributed by atoms with Crippen LogP contribution >= 0.6 is 0 Å². The topological polar surface area (TPSA) is 0 Å². The van der Waals surface area contributed by atoms with Crippen molar-refractivity contribution in [1.82, 2.24) is 0 Å². The van der Waals surface area contributed by atoms with E-state index in [1.807, 2.05) is 0 Å². The zero-order valence-corrected chi connectivity index (χ0v) is 13.1. The van der Waals surface area contributed by atoms with E-state index in [2.05, 4.69) is 0 Å². The fraction of sp³-hybridized carbons (Fsp3) is 0.818. The van der Waals surface area contributed by atoms with Gasteiger partial charge < -0.3 is 0 Å². The third kappa shape index (κ3) is 2.83. The summed E-state index contributed by atoms with van der Waals surface area (Å²) in [6.07, 6.45) is -25.6. The molecule has 20 heteroatoms. The molecule has 0 atom stereocenters. The van der Waals surface area contributed by atoms with Crippen LogP contribution in [0.4, 0.5) is 87.8 Å². The number of hydrogen-bond donors (Lipinski definition) is 0. The van der Waals surface area contributed by atoms with Crippen molar-refractivity contribution in [3.8, 4) is 0 Å². The highest BCUT2D eigenvalue weighted by molar-refractivity contribution is 5.44. The third-order valence-corrected chi connectivity index (χ3v) is 4.04. The van der Waals surface area contributed by atoms with Gasteiger partial charge in [-0.1, -0.05) is 0 Å². The summed E-state index contributed by atoms with van der Waals surface area (Å²) in [5.41, 5.74) is -14.9. The van der Waals surface area contributed by atoms with Gasteiger partial charge in [-0.05, 0) is 0 Å². The van der Waals surface area contributed by atoms with Crippen LogP contribution in [0.5, 0.6) is 0 Å². The van der Waals surface area contributed by atoms with Crippen molar-refractivity contribution in [3.05, 3.63) is 11.4 Å². The van der Waals surface area contributed by atoms with E-state index in [1.165, 1.54) is 0 Å². The summed E-state index contributed by atoms with van der Waals surface area (Å²) >= 11 is 0. The highest BCUT2D eigenvalue weighted by Crippen LogP contribution is 2.74. The van der Waals surface area contributed by atoms with Crippen LogP contribution in [0.15, 0.2) is 11.4 Å². The van der Waals surface area contributed by atoms with Crippen molar-refractivity contribution in [1.29, 1.82) is 0 Å². The van der Waals surface area contributed by atoms with Crippen LogP contribution in [0.1, 0.15) is 0 Å². The molecule has 0 amide bonds. The summed E-state index contributed by atoms with van der Waals surface area (Å²) in [6.45, 7) is 0. The molecule has 0 aliphatic heterocycles. The van der Waals surface area contributed by atoms with Gasteiger partial charge in [0.05, 0.1) is 5.57 Å². The van der Waals surface area contributed by atoms with Crippen LogP contribution in [0, 0.1) is 5.41 Å². The maximum atomic E-state index is 13.6. The lowest BCUT2D eigenvalue weighted by Gasteiger charge is -2.50. The molecule has 0 saturated heterocycles. The van der Waals surface area contributed by atoms with E-state index in [0.717, 1.165) is 0 Å². The van der Waals surface area contributed by atoms with Gasteiger partial charge in [0, 0.05) is 0 Å². The molecule has 1 rings (SSSR count). The van der Waals surface area contributed by atoms with Crippen molar-refractivity contribution < 1.29 is 87.8 Å². The summed E-state index contributed by atoms with van der Waals surface area (Å²) in [5, 5.41) is 0. The number of alkyl halides is 19. The van der Waals surface area contributed by atoms with Gasteiger partial charge in [-0.15, -0.1) is 0 Å². The number of hydrogen-bond acceptors (Lipinski definition) is 0. The molecule has 0 aromatic heterocycles. The number of allylic oxidation sites excluding steroid dienone is 2. The Bertz CT molecular complexity index is 739. The van der Waals surface area contributed by atoms with Gasteiger partial charge in [0.25, 0.3) is 5.41 Å². The van der Waals surface area contributed by atoms with Gasteiger partial charge in [0.1, 0.15) is 0 Å². The number of halogens is 20. The summed E-state index contributed by atoms with van der Waals surface area (Å²) in [6, 6.07) is 0. The minimum absolute atomic E-state index is 5.60. The molecule has 0 saturated carbocycles. The van der Waals surface area contributed by atoms with Gasteiger partial charge in [-0.2, -0.15) is 83.4 Å². The SMILES string of the molecule is FC1=C(C(C(F)(F)F)(C(F)(F)F)C(F)(F)C(F)(F)F)C(F)(F)C(F)(F)C(F)(F)C1(F)F. The molecule has 1 aliphatic carbocycles. The lowest BCUT2D eigenvalue weighted by molar-refractivity contribution is -0.449. The predicted octanol–water partition coefficient (Wildman–Crippen LogP) is 7.07. The third-order valence-electron chi connectivity index (χ3n) is 4.04. The smallest absolute Gasteiger partial charge is 0.205 e. The Kier molecular flexibility index (Phi) is 5.50. The summed E-state index contributed by atoms with van der Waals surface area (Å²) in [4.78, 5) is 0. The number of rotatable bonds is 2. The van der Waals surface area contributed by atoms with E-state index in [-0.39, 0.29) is 0 Å². The van der Waals surface area contributed by atoms with Crippen LogP contribution in [0.3, 0.4) is 0 Å². The van der Waals surface area contributed by atoms with Crippen molar-refractivity contribution in [3.63, 3.8) is 0 Å². The predicted molar refractivity (Wildman–Crippen MR) is 53.5 cm³/mol. The van der Waals surface area contributed by atoms with E-state index in [0.29, 0.717) is 0 Å². The molecule has 0 bridgehead atoms. The van der Waals surface area contributed by atoms with Crippen LogP contribution in [0.2, 0.25) is 0 Å². The molecule has 184 valence electrons. The summed E-state index contributed by atoms with van der Waals surface area (Å²) in [5.74, 6) is -46.7. The average Bonchev–Trinajstić information content (AvgIpc) is 2.45. The average molecular weight is 512 g/mol. The molecule has 0 aromatic rings. The Morgan fingerprint density at radius 3 is 1.00 bits per heavy atom. The molecule has 0 unspecified atom stereocenters. The fourth-order valence-electron chi connectivity index (χ4n) is 2.55. The maximum absolute atomic E-state index is 13.6. The second kappa shape index (κ2) is 6.22. The summed E-state index contributed by atoms with van der Waals surface area (Å²) < 4.78 is 262. The maximum Gasteiger partial charge on any atom is 0.455 e. The van der Waals surface area contributed by atoms with Gasteiger partial charge in [0.15, 0.2) is 5.83 Å². The molecular formula is C11F20. The summed E-state index contributed by atoms with van der Waals surface area (Å²) in [7, 11) is 0. The lowest BCUT2D eigenvalue weighted by Crippen LogP contribution is -2.75. The van der Waals surface area contributed by atoms with E-state index >= 15 is 0 Å². The lowest BCUT2D eigenvalue weighted by atomic mass is 9.65. The fourth-order valence-corrected chi connectivity index (χ4v) is 2.55. The second-order valence-corrected chi connectivity index (χ2v) is 5.80. The van der Waals surface area contributed by atoms with Gasteiger partial charge in [-0.3, -0.25) is 0 Å². The largest absolute Gasteiger partial charge is 0.455 e. The minimum atomic E-state index is -8.89.